The quantitative estimate of drug-likeness (QED) is 0.408. The Bertz CT molecular complexity index is 1580. The summed E-state index contributed by atoms with van der Waals surface area (Å²) in [6.45, 7) is 3.36. The van der Waals surface area contributed by atoms with Crippen molar-refractivity contribution in [1.29, 1.82) is 0 Å². The molecule has 0 saturated carbocycles. The highest BCUT2D eigenvalue weighted by atomic mass is 35.5. The zero-order valence-electron chi connectivity index (χ0n) is 19.7. The molecule has 0 saturated heterocycles. The summed E-state index contributed by atoms with van der Waals surface area (Å²) in [4.78, 5) is 43.1. The van der Waals surface area contributed by atoms with Gasteiger partial charge >= 0.3 is 5.97 Å². The lowest BCUT2D eigenvalue weighted by atomic mass is 9.83. The maximum atomic E-state index is 14.8. The number of aliphatic hydroxyl groups is 1. The number of benzene rings is 1. The van der Waals surface area contributed by atoms with Crippen LogP contribution in [0.5, 0.6) is 0 Å². The molecule has 2 aromatic heterocycles. The highest BCUT2D eigenvalue weighted by molar-refractivity contribution is 6.32. The Hall–Kier alpha value is -3.30. The highest BCUT2D eigenvalue weighted by Gasteiger charge is 2.46. The van der Waals surface area contributed by atoms with Crippen LogP contribution in [0, 0.1) is 5.82 Å². The fourth-order valence-corrected chi connectivity index (χ4v) is 6.04. The molecule has 10 heteroatoms. The standard InChI is InChI=1S/C26H23ClFN3O5/c1-3-19(32)29-16-6-5-11-20-17(8-15(28)22(11)27)30-23-12(21(16)20)9-31-18(23)7-14-13(24(31)33)10-36-25(34)26(14,35)4-2/h7-8,16,35H,3-6,9-10H2,1-2H3,(H,29,32)/t16-,26-/m0/s1. The number of aromatic nitrogens is 2. The Kier molecular flexibility index (Phi) is 5.04. The summed E-state index contributed by atoms with van der Waals surface area (Å²) < 4.78 is 21.4. The number of fused-ring (bicyclic) bond motifs is 5. The summed E-state index contributed by atoms with van der Waals surface area (Å²) in [6.07, 6.45) is 1.33. The molecule has 0 fully saturated rings. The first-order chi connectivity index (χ1) is 17.2. The first-order valence-electron chi connectivity index (χ1n) is 12.0. The van der Waals surface area contributed by atoms with Crippen molar-refractivity contribution in [2.24, 2.45) is 0 Å². The van der Waals surface area contributed by atoms with Crippen molar-refractivity contribution >= 4 is 34.4 Å². The Morgan fingerprint density at radius 2 is 2.08 bits per heavy atom. The number of pyridine rings is 2. The van der Waals surface area contributed by atoms with Crippen LogP contribution >= 0.6 is 11.6 Å². The molecule has 1 amide bonds. The number of esters is 1. The van der Waals surface area contributed by atoms with Crippen LogP contribution in [0.15, 0.2) is 16.9 Å². The van der Waals surface area contributed by atoms with Crippen molar-refractivity contribution in [2.45, 2.75) is 64.3 Å². The van der Waals surface area contributed by atoms with E-state index in [1.165, 1.54) is 10.6 Å². The van der Waals surface area contributed by atoms with E-state index in [1.54, 1.807) is 19.9 Å². The van der Waals surface area contributed by atoms with Crippen molar-refractivity contribution in [1.82, 2.24) is 14.9 Å². The van der Waals surface area contributed by atoms with Crippen LogP contribution in [-0.4, -0.2) is 26.5 Å². The Labute approximate surface area is 210 Å². The molecule has 3 aliphatic rings. The molecule has 4 heterocycles. The molecule has 2 atom stereocenters. The van der Waals surface area contributed by atoms with E-state index < -0.39 is 17.4 Å². The molecule has 36 heavy (non-hydrogen) atoms. The van der Waals surface area contributed by atoms with Gasteiger partial charge in [-0.2, -0.15) is 0 Å². The summed E-state index contributed by atoms with van der Waals surface area (Å²) >= 11 is 6.35. The smallest absolute Gasteiger partial charge is 0.343 e. The minimum atomic E-state index is -1.94. The second-order valence-corrected chi connectivity index (χ2v) is 9.89. The van der Waals surface area contributed by atoms with Crippen molar-refractivity contribution < 1.29 is 23.8 Å². The lowest BCUT2D eigenvalue weighted by Crippen LogP contribution is -2.44. The minimum Gasteiger partial charge on any atom is -0.458 e. The van der Waals surface area contributed by atoms with Crippen LogP contribution in [0.25, 0.3) is 22.3 Å². The van der Waals surface area contributed by atoms with Crippen molar-refractivity contribution in [3.63, 3.8) is 0 Å². The van der Waals surface area contributed by atoms with E-state index in [0.29, 0.717) is 47.1 Å². The third-order valence-electron chi connectivity index (χ3n) is 7.70. The van der Waals surface area contributed by atoms with Gasteiger partial charge in [0.1, 0.15) is 12.4 Å². The highest BCUT2D eigenvalue weighted by Crippen LogP contribution is 2.46. The molecule has 2 N–H and O–H groups in total. The third-order valence-corrected chi connectivity index (χ3v) is 8.11. The van der Waals surface area contributed by atoms with E-state index in [4.69, 9.17) is 21.3 Å². The molecule has 0 spiro atoms. The molecular weight excluding hydrogens is 489 g/mol. The average molecular weight is 512 g/mol. The van der Waals surface area contributed by atoms with Gasteiger partial charge in [0.25, 0.3) is 5.56 Å². The van der Waals surface area contributed by atoms with Gasteiger partial charge in [-0.25, -0.2) is 14.2 Å². The number of cyclic esters (lactones) is 1. The van der Waals surface area contributed by atoms with Gasteiger partial charge in [0.05, 0.1) is 40.1 Å². The lowest BCUT2D eigenvalue weighted by molar-refractivity contribution is -0.172. The molecule has 1 aliphatic carbocycles. The number of hydrogen-bond donors (Lipinski definition) is 2. The number of aryl methyl sites for hydroxylation is 1. The van der Waals surface area contributed by atoms with Gasteiger partial charge in [-0.05, 0) is 36.5 Å². The molecule has 6 rings (SSSR count). The Balaban J connectivity index is 1.66. The zero-order chi connectivity index (χ0) is 25.5. The predicted molar refractivity (Wildman–Crippen MR) is 129 cm³/mol. The van der Waals surface area contributed by atoms with E-state index in [9.17, 15) is 23.9 Å². The van der Waals surface area contributed by atoms with Crippen LogP contribution in [0.2, 0.25) is 5.02 Å². The van der Waals surface area contributed by atoms with Crippen LogP contribution in [0.1, 0.15) is 67.0 Å². The fraction of sp³-hybridized carbons (Fsp3) is 0.385. The van der Waals surface area contributed by atoms with E-state index in [0.717, 1.165) is 11.1 Å². The third kappa shape index (κ3) is 2.96. The Morgan fingerprint density at radius 3 is 2.81 bits per heavy atom. The molecular formula is C26H23ClFN3O5. The van der Waals surface area contributed by atoms with Gasteiger partial charge in [-0.3, -0.25) is 9.59 Å². The average Bonchev–Trinajstić information content (AvgIpc) is 3.24. The summed E-state index contributed by atoms with van der Waals surface area (Å²) in [5.74, 6) is -1.51. The fourth-order valence-electron chi connectivity index (χ4n) is 5.79. The van der Waals surface area contributed by atoms with Gasteiger partial charge in [0, 0.05) is 29.0 Å². The van der Waals surface area contributed by atoms with Crippen molar-refractivity contribution in [3.8, 4) is 11.4 Å². The summed E-state index contributed by atoms with van der Waals surface area (Å²) in [5, 5.41) is 14.9. The number of rotatable bonds is 3. The maximum absolute atomic E-state index is 14.8. The summed E-state index contributed by atoms with van der Waals surface area (Å²) in [6, 6.07) is 2.53. The first-order valence-corrected chi connectivity index (χ1v) is 12.4. The molecule has 8 nitrogen and oxygen atoms in total. The maximum Gasteiger partial charge on any atom is 0.343 e. The van der Waals surface area contributed by atoms with E-state index in [-0.39, 0.29) is 53.2 Å². The molecule has 3 aromatic rings. The van der Waals surface area contributed by atoms with Gasteiger partial charge in [-0.15, -0.1) is 0 Å². The van der Waals surface area contributed by atoms with Crippen LogP contribution < -0.4 is 10.9 Å². The van der Waals surface area contributed by atoms with Crippen molar-refractivity contribution in [2.75, 3.05) is 0 Å². The number of halogens is 2. The van der Waals surface area contributed by atoms with Crippen LogP contribution in [0.4, 0.5) is 4.39 Å². The number of amides is 1. The lowest BCUT2D eigenvalue weighted by Gasteiger charge is -2.31. The van der Waals surface area contributed by atoms with Gasteiger partial charge in [0.2, 0.25) is 5.91 Å². The van der Waals surface area contributed by atoms with Crippen LogP contribution in [-0.2, 0) is 39.5 Å². The second-order valence-electron chi connectivity index (χ2n) is 9.51. The molecule has 0 unspecified atom stereocenters. The largest absolute Gasteiger partial charge is 0.458 e. The van der Waals surface area contributed by atoms with Gasteiger partial charge in [0.15, 0.2) is 5.60 Å². The van der Waals surface area contributed by atoms with Gasteiger partial charge in [-0.1, -0.05) is 25.4 Å². The topological polar surface area (TPSA) is 111 Å². The van der Waals surface area contributed by atoms with E-state index >= 15 is 0 Å². The molecule has 2 aliphatic heterocycles. The first kappa shape index (κ1) is 23.1. The van der Waals surface area contributed by atoms with E-state index in [1.807, 2.05) is 0 Å². The number of nitrogens with one attached hydrogen (secondary N) is 1. The molecule has 0 bridgehead atoms. The second kappa shape index (κ2) is 7.85. The van der Waals surface area contributed by atoms with Crippen molar-refractivity contribution in [3.05, 3.63) is 61.1 Å². The minimum absolute atomic E-state index is 0.0309. The zero-order valence-corrected chi connectivity index (χ0v) is 20.5. The predicted octanol–water partition coefficient (Wildman–Crippen LogP) is 3.39. The molecule has 1 aromatic carbocycles. The van der Waals surface area contributed by atoms with Crippen LogP contribution in [0.3, 0.4) is 0 Å². The SMILES string of the molecule is CCC(=O)N[C@H]1CCc2c(Cl)c(F)cc3nc4c(c1c23)Cn1c-4cc2c(c1=O)COC(=O)[C@]2(O)CC. The summed E-state index contributed by atoms with van der Waals surface area (Å²) in [5.41, 5.74) is 1.51. The number of ether oxygens (including phenoxy) is 1. The van der Waals surface area contributed by atoms with E-state index in [2.05, 4.69) is 5.32 Å². The molecule has 186 valence electrons. The molecule has 0 radical (unpaired) electrons. The number of carbonyl (C=O) groups is 2. The number of hydrogen-bond acceptors (Lipinski definition) is 6. The summed E-state index contributed by atoms with van der Waals surface area (Å²) in [7, 11) is 0. The normalized spacial score (nSPS) is 21.6. The Morgan fingerprint density at radius 1 is 1.31 bits per heavy atom. The number of nitrogens with zero attached hydrogens (tertiary/aromatic N) is 2. The monoisotopic (exact) mass is 511 g/mol. The van der Waals surface area contributed by atoms with Gasteiger partial charge < -0.3 is 19.7 Å². The number of carbonyl (C=O) groups excluding carboxylic acids is 2.